The van der Waals surface area contributed by atoms with Crippen molar-refractivity contribution < 1.29 is 14.6 Å². The number of carbonyl (C=O) groups is 1. The number of aromatic nitrogens is 1. The molecule has 0 aliphatic heterocycles. The Morgan fingerprint density at radius 1 is 1.73 bits per heavy atom. The Balaban J connectivity index is 2.80. The molecule has 1 aromatic rings. The van der Waals surface area contributed by atoms with Gasteiger partial charge < -0.3 is 15.6 Å². The topological polar surface area (TPSA) is 85.4 Å². The van der Waals surface area contributed by atoms with Gasteiger partial charge in [-0.3, -0.25) is 4.98 Å². The van der Waals surface area contributed by atoms with Gasteiger partial charge in [0.1, 0.15) is 0 Å². The number of aliphatic hydroxyl groups is 1. The number of nitrogens with two attached hydrogens (primary N) is 1. The van der Waals surface area contributed by atoms with Crippen LogP contribution in [0.3, 0.4) is 0 Å². The van der Waals surface area contributed by atoms with Crippen molar-refractivity contribution in [1.29, 1.82) is 0 Å². The maximum absolute atomic E-state index is 10.4. The van der Waals surface area contributed by atoms with Crippen LogP contribution < -0.4 is 5.73 Å². The summed E-state index contributed by atoms with van der Waals surface area (Å²) in [6.07, 6.45) is -0.856. The van der Waals surface area contributed by atoms with Crippen LogP contribution in [0.1, 0.15) is 18.5 Å². The third-order valence-corrected chi connectivity index (χ3v) is 2.20. The number of hydrogen-bond donors (Lipinski definition) is 2. The molecule has 82 valence electrons. The van der Waals surface area contributed by atoms with Crippen molar-refractivity contribution in [3.63, 3.8) is 0 Å². The molecule has 0 saturated carbocycles. The van der Waals surface area contributed by atoms with E-state index in [1.165, 1.54) is 6.20 Å². The lowest BCUT2D eigenvalue weighted by Gasteiger charge is -2.18. The molecule has 0 bridgehead atoms. The van der Waals surface area contributed by atoms with Crippen LogP contribution in [0.15, 0.2) is 18.3 Å². The summed E-state index contributed by atoms with van der Waals surface area (Å²) < 4.78 is 4.42. The van der Waals surface area contributed by atoms with E-state index in [2.05, 4.69) is 9.72 Å². The number of ether oxygens (including phenoxy) is 1. The number of amides is 1. The Labute approximate surface area is 91.8 Å². The first-order valence-corrected chi connectivity index (χ1v) is 4.64. The van der Waals surface area contributed by atoms with E-state index in [9.17, 15) is 9.90 Å². The molecule has 0 aliphatic carbocycles. The van der Waals surface area contributed by atoms with E-state index >= 15 is 0 Å². The molecule has 6 heteroatoms. The molecular formula is C9H11ClN2O3. The van der Waals surface area contributed by atoms with E-state index in [4.69, 9.17) is 17.3 Å². The van der Waals surface area contributed by atoms with Crippen LogP contribution in [0.25, 0.3) is 0 Å². The molecule has 0 fully saturated rings. The van der Waals surface area contributed by atoms with E-state index in [0.717, 1.165) is 0 Å². The molecule has 0 saturated heterocycles. The fraction of sp³-hybridized carbons (Fsp3) is 0.333. The summed E-state index contributed by atoms with van der Waals surface area (Å²) in [6, 6.07) is 3.30. The SMILES string of the molecule is CC(c1ncccc1Cl)C(O)OC(N)=O. The Morgan fingerprint density at radius 2 is 2.40 bits per heavy atom. The van der Waals surface area contributed by atoms with Crippen LogP contribution in [0.5, 0.6) is 0 Å². The van der Waals surface area contributed by atoms with Gasteiger partial charge in [-0.25, -0.2) is 4.79 Å². The smallest absolute Gasteiger partial charge is 0.406 e. The molecule has 1 heterocycles. The highest BCUT2D eigenvalue weighted by atomic mass is 35.5. The second-order valence-corrected chi connectivity index (χ2v) is 3.39. The van der Waals surface area contributed by atoms with E-state index in [1.807, 2.05) is 0 Å². The molecule has 0 radical (unpaired) electrons. The minimum absolute atomic E-state index is 0.400. The molecule has 0 aromatic carbocycles. The predicted molar refractivity (Wildman–Crippen MR) is 54.3 cm³/mol. The van der Waals surface area contributed by atoms with Crippen LogP contribution in [0.2, 0.25) is 5.02 Å². The van der Waals surface area contributed by atoms with Gasteiger partial charge in [-0.05, 0) is 12.1 Å². The third kappa shape index (κ3) is 3.07. The number of pyridine rings is 1. The summed E-state index contributed by atoms with van der Waals surface area (Å²) in [6.45, 7) is 1.63. The van der Waals surface area contributed by atoms with E-state index < -0.39 is 18.3 Å². The first kappa shape index (κ1) is 11.7. The lowest BCUT2D eigenvalue weighted by Crippen LogP contribution is -2.27. The normalized spacial score (nSPS) is 14.3. The Kier molecular flexibility index (Phi) is 3.88. The average Bonchev–Trinajstić information content (AvgIpc) is 2.16. The van der Waals surface area contributed by atoms with Gasteiger partial charge in [-0.2, -0.15) is 0 Å². The van der Waals surface area contributed by atoms with E-state index in [1.54, 1.807) is 19.1 Å². The number of hydrogen-bond acceptors (Lipinski definition) is 4. The second kappa shape index (κ2) is 4.95. The number of carbonyl (C=O) groups excluding carboxylic acids is 1. The molecular weight excluding hydrogens is 220 g/mol. The first-order chi connectivity index (χ1) is 7.02. The Morgan fingerprint density at radius 3 is 2.93 bits per heavy atom. The molecule has 1 rings (SSSR count). The van der Waals surface area contributed by atoms with Gasteiger partial charge >= 0.3 is 6.09 Å². The summed E-state index contributed by atoms with van der Waals surface area (Å²) in [5, 5.41) is 9.84. The number of primary amides is 1. The molecule has 15 heavy (non-hydrogen) atoms. The van der Waals surface area contributed by atoms with Crippen LogP contribution in [0.4, 0.5) is 4.79 Å². The number of rotatable bonds is 3. The van der Waals surface area contributed by atoms with Crippen molar-refractivity contribution in [3.8, 4) is 0 Å². The molecule has 2 unspecified atom stereocenters. The third-order valence-electron chi connectivity index (χ3n) is 1.88. The van der Waals surface area contributed by atoms with E-state index in [0.29, 0.717) is 10.7 Å². The van der Waals surface area contributed by atoms with Crippen molar-refractivity contribution in [2.45, 2.75) is 19.1 Å². The zero-order valence-electron chi connectivity index (χ0n) is 8.05. The lowest BCUT2D eigenvalue weighted by molar-refractivity contribution is -0.0636. The van der Waals surface area contributed by atoms with Gasteiger partial charge in [0.2, 0.25) is 6.29 Å². The fourth-order valence-electron chi connectivity index (χ4n) is 1.09. The van der Waals surface area contributed by atoms with Crippen molar-refractivity contribution in [1.82, 2.24) is 4.98 Å². The number of nitrogens with zero attached hydrogens (tertiary/aromatic N) is 1. The monoisotopic (exact) mass is 230 g/mol. The van der Waals surface area contributed by atoms with E-state index in [-0.39, 0.29) is 0 Å². The van der Waals surface area contributed by atoms with Gasteiger partial charge in [-0.15, -0.1) is 0 Å². The predicted octanol–water partition coefficient (Wildman–Crippen LogP) is 1.25. The standard InChI is InChI=1S/C9H11ClN2O3/c1-5(8(13)15-9(11)14)7-6(10)3-2-4-12-7/h2-5,8,13H,1H3,(H2,11,14). The van der Waals surface area contributed by atoms with Crippen LogP contribution in [-0.4, -0.2) is 22.5 Å². The fourth-order valence-corrected chi connectivity index (χ4v) is 1.38. The minimum atomic E-state index is -1.35. The molecule has 5 nitrogen and oxygen atoms in total. The van der Waals surface area contributed by atoms with Crippen molar-refractivity contribution in [2.75, 3.05) is 0 Å². The van der Waals surface area contributed by atoms with Crippen LogP contribution >= 0.6 is 11.6 Å². The molecule has 3 N–H and O–H groups in total. The molecule has 2 atom stereocenters. The van der Waals surface area contributed by atoms with Gasteiger partial charge in [0, 0.05) is 6.20 Å². The highest BCUT2D eigenvalue weighted by molar-refractivity contribution is 6.31. The van der Waals surface area contributed by atoms with Crippen LogP contribution in [0, 0.1) is 0 Å². The summed E-state index contributed by atoms with van der Waals surface area (Å²) in [7, 11) is 0. The van der Waals surface area contributed by atoms with Gasteiger partial charge in [0.05, 0.1) is 16.6 Å². The minimum Gasteiger partial charge on any atom is -0.419 e. The average molecular weight is 231 g/mol. The summed E-state index contributed by atoms with van der Waals surface area (Å²) in [5.74, 6) is -0.536. The van der Waals surface area contributed by atoms with Gasteiger partial charge in [0.15, 0.2) is 0 Å². The zero-order valence-corrected chi connectivity index (χ0v) is 8.81. The lowest BCUT2D eigenvalue weighted by atomic mass is 10.1. The van der Waals surface area contributed by atoms with Crippen molar-refractivity contribution in [3.05, 3.63) is 29.0 Å². The van der Waals surface area contributed by atoms with Gasteiger partial charge in [0.25, 0.3) is 0 Å². The zero-order chi connectivity index (χ0) is 11.4. The molecule has 1 amide bonds. The molecule has 0 aliphatic rings. The van der Waals surface area contributed by atoms with Gasteiger partial charge in [-0.1, -0.05) is 18.5 Å². The molecule has 1 aromatic heterocycles. The maximum Gasteiger partial charge on any atom is 0.406 e. The second-order valence-electron chi connectivity index (χ2n) is 2.99. The number of halogens is 1. The summed E-state index contributed by atoms with van der Waals surface area (Å²) in [5.41, 5.74) is 5.22. The summed E-state index contributed by atoms with van der Waals surface area (Å²) >= 11 is 5.85. The quantitative estimate of drug-likeness (QED) is 0.766. The molecule has 0 spiro atoms. The Bertz CT molecular complexity index is 359. The maximum atomic E-state index is 10.4. The highest BCUT2D eigenvalue weighted by Crippen LogP contribution is 2.24. The van der Waals surface area contributed by atoms with Crippen molar-refractivity contribution in [2.24, 2.45) is 5.73 Å². The van der Waals surface area contributed by atoms with Crippen molar-refractivity contribution >= 4 is 17.7 Å². The highest BCUT2D eigenvalue weighted by Gasteiger charge is 2.22. The number of aliphatic hydroxyl groups excluding tert-OH is 1. The summed E-state index contributed by atoms with van der Waals surface area (Å²) in [4.78, 5) is 14.4. The Hall–Kier alpha value is -1.33. The largest absolute Gasteiger partial charge is 0.419 e. The first-order valence-electron chi connectivity index (χ1n) is 4.27. The van der Waals surface area contributed by atoms with Crippen LogP contribution in [-0.2, 0) is 4.74 Å².